The number of halogens is 1. The van der Waals surface area contributed by atoms with Crippen LogP contribution in [0, 0.1) is 5.92 Å². The van der Waals surface area contributed by atoms with E-state index in [1.54, 1.807) is 4.90 Å². The third-order valence-corrected chi connectivity index (χ3v) is 4.86. The maximum Gasteiger partial charge on any atom is 0.410 e. The van der Waals surface area contributed by atoms with Crippen LogP contribution in [0.3, 0.4) is 0 Å². The highest BCUT2D eigenvalue weighted by atomic mass is 79.9. The highest BCUT2D eigenvalue weighted by Crippen LogP contribution is 2.32. The van der Waals surface area contributed by atoms with Crippen molar-refractivity contribution in [3.8, 4) is 5.75 Å². The van der Waals surface area contributed by atoms with E-state index in [0.717, 1.165) is 41.8 Å². The maximum atomic E-state index is 12.9. The van der Waals surface area contributed by atoms with Crippen molar-refractivity contribution in [2.75, 3.05) is 19.8 Å². The Morgan fingerprint density at radius 2 is 1.96 bits per heavy atom. The van der Waals surface area contributed by atoms with Crippen molar-refractivity contribution in [1.29, 1.82) is 0 Å². The highest BCUT2D eigenvalue weighted by Gasteiger charge is 2.27. The molecule has 1 saturated heterocycles. The van der Waals surface area contributed by atoms with Gasteiger partial charge in [0.15, 0.2) is 0 Å². The van der Waals surface area contributed by atoms with Crippen LogP contribution in [0.5, 0.6) is 5.75 Å². The number of amides is 1. The molecule has 1 heterocycles. The number of carbonyl (C=O) groups excluding carboxylic acids is 1. The molecule has 0 aliphatic carbocycles. The zero-order valence-corrected chi connectivity index (χ0v) is 18.7. The lowest BCUT2D eigenvalue weighted by molar-refractivity contribution is 0.0103. The first-order chi connectivity index (χ1) is 12.7. The van der Waals surface area contributed by atoms with E-state index < -0.39 is 5.60 Å². The van der Waals surface area contributed by atoms with Gasteiger partial charge in [-0.25, -0.2) is 4.79 Å². The zero-order chi connectivity index (χ0) is 20.0. The molecule has 0 saturated carbocycles. The highest BCUT2D eigenvalue weighted by molar-refractivity contribution is 9.10. The Bertz CT molecular complexity index is 621. The summed E-state index contributed by atoms with van der Waals surface area (Å²) in [6.07, 6.45) is 1.69. The van der Waals surface area contributed by atoms with Gasteiger partial charge in [-0.2, -0.15) is 0 Å². The third-order valence-electron chi connectivity index (χ3n) is 4.23. The summed E-state index contributed by atoms with van der Waals surface area (Å²) in [6.45, 7) is 12.3. The zero-order valence-electron chi connectivity index (χ0n) is 17.1. The SMILES string of the molecule is CC(C)Oc1c(Br)cccc1CN(CC1CCOCC1)C(=O)OC(C)(C)C. The number of hydrogen-bond donors (Lipinski definition) is 0. The molecule has 5 nitrogen and oxygen atoms in total. The Labute approximate surface area is 171 Å². The Hall–Kier alpha value is -1.27. The average molecular weight is 442 g/mol. The smallest absolute Gasteiger partial charge is 0.410 e. The fourth-order valence-electron chi connectivity index (χ4n) is 3.02. The van der Waals surface area contributed by atoms with Gasteiger partial charge in [0.2, 0.25) is 0 Å². The van der Waals surface area contributed by atoms with Crippen LogP contribution in [0.15, 0.2) is 22.7 Å². The lowest BCUT2D eigenvalue weighted by Crippen LogP contribution is -2.40. The first kappa shape index (κ1) is 22.0. The summed E-state index contributed by atoms with van der Waals surface area (Å²) < 4.78 is 18.0. The summed E-state index contributed by atoms with van der Waals surface area (Å²) >= 11 is 3.57. The molecule has 2 rings (SSSR count). The van der Waals surface area contributed by atoms with Gasteiger partial charge in [-0.3, -0.25) is 0 Å². The fraction of sp³-hybridized carbons (Fsp3) is 0.667. The first-order valence-corrected chi connectivity index (χ1v) is 10.4. The van der Waals surface area contributed by atoms with Crippen LogP contribution >= 0.6 is 15.9 Å². The van der Waals surface area contributed by atoms with Gasteiger partial charge >= 0.3 is 6.09 Å². The van der Waals surface area contributed by atoms with Crippen LogP contribution in [0.2, 0.25) is 0 Å². The molecular weight excluding hydrogens is 410 g/mol. The number of hydrogen-bond acceptors (Lipinski definition) is 4. The van der Waals surface area contributed by atoms with E-state index in [-0.39, 0.29) is 12.2 Å². The van der Waals surface area contributed by atoms with Gasteiger partial charge in [-0.1, -0.05) is 12.1 Å². The Morgan fingerprint density at radius 1 is 1.30 bits per heavy atom. The average Bonchev–Trinajstić information content (AvgIpc) is 2.56. The molecular formula is C21H32BrNO4. The van der Waals surface area contributed by atoms with Crippen molar-refractivity contribution >= 4 is 22.0 Å². The minimum absolute atomic E-state index is 0.0490. The molecule has 0 spiro atoms. The number of carbonyl (C=O) groups is 1. The monoisotopic (exact) mass is 441 g/mol. The van der Waals surface area contributed by atoms with E-state index in [9.17, 15) is 4.79 Å². The second kappa shape index (κ2) is 9.78. The van der Waals surface area contributed by atoms with Crippen molar-refractivity contribution in [3.05, 3.63) is 28.2 Å². The Morgan fingerprint density at radius 3 is 2.56 bits per heavy atom. The molecule has 1 aliphatic rings. The van der Waals surface area contributed by atoms with Crippen LogP contribution in [-0.4, -0.2) is 42.5 Å². The van der Waals surface area contributed by atoms with E-state index in [2.05, 4.69) is 15.9 Å². The second-order valence-electron chi connectivity index (χ2n) is 8.31. The molecule has 0 N–H and O–H groups in total. The van der Waals surface area contributed by atoms with Gasteiger partial charge in [-0.15, -0.1) is 0 Å². The second-order valence-corrected chi connectivity index (χ2v) is 9.17. The quantitative estimate of drug-likeness (QED) is 0.592. The topological polar surface area (TPSA) is 48.0 Å². The van der Waals surface area contributed by atoms with Crippen molar-refractivity contribution < 1.29 is 19.0 Å². The normalized spacial score (nSPS) is 15.7. The lowest BCUT2D eigenvalue weighted by atomic mass is 9.99. The lowest BCUT2D eigenvalue weighted by Gasteiger charge is -2.32. The first-order valence-electron chi connectivity index (χ1n) is 9.65. The van der Waals surface area contributed by atoms with Crippen LogP contribution in [-0.2, 0) is 16.0 Å². The summed E-state index contributed by atoms with van der Waals surface area (Å²) in [5, 5.41) is 0. The molecule has 0 atom stereocenters. The van der Waals surface area contributed by atoms with Crippen LogP contribution in [0.4, 0.5) is 4.79 Å². The van der Waals surface area contributed by atoms with Gasteiger partial charge in [0.25, 0.3) is 0 Å². The largest absolute Gasteiger partial charge is 0.489 e. The van der Waals surface area contributed by atoms with Crippen LogP contribution in [0.25, 0.3) is 0 Å². The summed E-state index contributed by atoms with van der Waals surface area (Å²) in [7, 11) is 0. The summed E-state index contributed by atoms with van der Waals surface area (Å²) in [4.78, 5) is 14.7. The molecule has 0 aromatic heterocycles. The number of ether oxygens (including phenoxy) is 3. The third kappa shape index (κ3) is 7.34. The summed E-state index contributed by atoms with van der Waals surface area (Å²) in [5.41, 5.74) is 0.440. The molecule has 1 amide bonds. The van der Waals surface area contributed by atoms with E-state index >= 15 is 0 Å². The van der Waals surface area contributed by atoms with Crippen LogP contribution in [0.1, 0.15) is 53.0 Å². The molecule has 1 fully saturated rings. The molecule has 6 heteroatoms. The van der Waals surface area contributed by atoms with Gasteiger partial charge in [0.1, 0.15) is 11.4 Å². The number of rotatable bonds is 6. The molecule has 0 bridgehead atoms. The molecule has 0 radical (unpaired) electrons. The number of nitrogens with zero attached hydrogens (tertiary/aromatic N) is 1. The predicted octanol–water partition coefficient (Wildman–Crippen LogP) is 5.40. The summed E-state index contributed by atoms with van der Waals surface area (Å²) in [5.74, 6) is 1.21. The van der Waals surface area contributed by atoms with Crippen molar-refractivity contribution in [1.82, 2.24) is 4.90 Å². The molecule has 152 valence electrons. The molecule has 1 aromatic rings. The van der Waals surface area contributed by atoms with E-state index in [1.165, 1.54) is 0 Å². The fourth-order valence-corrected chi connectivity index (χ4v) is 3.52. The summed E-state index contributed by atoms with van der Waals surface area (Å²) in [6, 6.07) is 5.93. The van der Waals surface area contributed by atoms with Crippen LogP contribution < -0.4 is 4.74 Å². The molecule has 27 heavy (non-hydrogen) atoms. The molecule has 1 aliphatic heterocycles. The molecule has 0 unspecified atom stereocenters. The van der Waals surface area contributed by atoms with Gasteiger partial charge in [0, 0.05) is 25.3 Å². The van der Waals surface area contributed by atoms with Gasteiger partial charge in [0.05, 0.1) is 17.1 Å². The van der Waals surface area contributed by atoms with Gasteiger partial charge < -0.3 is 19.1 Å². The minimum Gasteiger partial charge on any atom is -0.489 e. The van der Waals surface area contributed by atoms with Crippen molar-refractivity contribution in [2.24, 2.45) is 5.92 Å². The molecule has 1 aromatic carbocycles. The number of benzene rings is 1. The van der Waals surface area contributed by atoms with Crippen molar-refractivity contribution in [3.63, 3.8) is 0 Å². The predicted molar refractivity (Wildman–Crippen MR) is 110 cm³/mol. The van der Waals surface area contributed by atoms with E-state index in [1.807, 2.05) is 52.8 Å². The van der Waals surface area contributed by atoms with Crippen molar-refractivity contribution in [2.45, 2.75) is 65.7 Å². The Kier molecular flexibility index (Phi) is 7.98. The van der Waals surface area contributed by atoms with E-state index in [0.29, 0.717) is 19.0 Å². The Balaban J connectivity index is 2.22. The van der Waals surface area contributed by atoms with Gasteiger partial charge in [-0.05, 0) is 75.4 Å². The standard InChI is InChI=1S/C21H32BrNO4/c1-15(2)26-19-17(7-6-8-18(19)22)14-23(20(24)27-21(3,4)5)13-16-9-11-25-12-10-16/h6-8,15-16H,9-14H2,1-5H3. The maximum absolute atomic E-state index is 12.9. The van der Waals surface area contributed by atoms with E-state index in [4.69, 9.17) is 14.2 Å². The minimum atomic E-state index is -0.528. The number of para-hydroxylation sites is 1.